The van der Waals surface area contributed by atoms with E-state index >= 15 is 0 Å². The van der Waals surface area contributed by atoms with Crippen LogP contribution in [0.5, 0.6) is 11.5 Å². The van der Waals surface area contributed by atoms with Crippen molar-refractivity contribution in [2.45, 2.75) is 32.5 Å². The molecule has 0 aliphatic carbocycles. The number of nitrogens with one attached hydrogen (secondary N) is 2. The van der Waals surface area contributed by atoms with Crippen molar-refractivity contribution in [1.82, 2.24) is 15.3 Å². The minimum Gasteiger partial charge on any atom is -0.454 e. The van der Waals surface area contributed by atoms with Gasteiger partial charge >= 0.3 is 0 Å². The maximum Gasteiger partial charge on any atom is 0.232 e. The van der Waals surface area contributed by atoms with E-state index in [4.69, 9.17) is 31.7 Å². The van der Waals surface area contributed by atoms with Crippen LogP contribution in [0.4, 0.5) is 17.6 Å². The molecule has 2 N–H and O–H groups in total. The van der Waals surface area contributed by atoms with Crippen molar-refractivity contribution in [3.63, 3.8) is 0 Å². The first-order chi connectivity index (χ1) is 19.7. The van der Waals surface area contributed by atoms with Gasteiger partial charge < -0.3 is 29.9 Å². The first-order valence-corrected chi connectivity index (χ1v) is 14.0. The van der Waals surface area contributed by atoms with Crippen LogP contribution in [0.25, 0.3) is 0 Å². The third kappa shape index (κ3) is 5.12. The van der Waals surface area contributed by atoms with E-state index in [0.29, 0.717) is 17.6 Å². The van der Waals surface area contributed by atoms with Gasteiger partial charge in [0.2, 0.25) is 12.7 Å². The second-order valence-corrected chi connectivity index (χ2v) is 10.7. The molecular formula is C31H30N6O2S. The number of rotatable bonds is 5. The van der Waals surface area contributed by atoms with Gasteiger partial charge in [0.1, 0.15) is 11.6 Å². The summed E-state index contributed by atoms with van der Waals surface area (Å²) in [4.78, 5) is 14.5. The average molecular weight is 551 g/mol. The van der Waals surface area contributed by atoms with Crippen molar-refractivity contribution >= 4 is 34.9 Å². The molecule has 202 valence electrons. The van der Waals surface area contributed by atoms with Gasteiger partial charge in [0.05, 0.1) is 0 Å². The van der Waals surface area contributed by atoms with Crippen molar-refractivity contribution in [3.05, 3.63) is 101 Å². The number of hydrogen-bond acceptors (Lipinski definition) is 7. The van der Waals surface area contributed by atoms with Crippen LogP contribution in [-0.4, -0.2) is 35.0 Å². The van der Waals surface area contributed by atoms with E-state index in [9.17, 15) is 0 Å². The summed E-state index contributed by atoms with van der Waals surface area (Å²) in [7, 11) is 0. The number of anilines is 3. The summed E-state index contributed by atoms with van der Waals surface area (Å²) in [6.45, 7) is 4.25. The van der Waals surface area contributed by atoms with E-state index in [-0.39, 0.29) is 6.79 Å². The Morgan fingerprint density at radius 2 is 1.35 bits per heavy atom. The van der Waals surface area contributed by atoms with Crippen molar-refractivity contribution in [2.24, 2.45) is 0 Å². The van der Waals surface area contributed by atoms with Gasteiger partial charge in [0, 0.05) is 38.8 Å². The van der Waals surface area contributed by atoms with Gasteiger partial charge in [-0.25, -0.2) is 0 Å². The van der Waals surface area contributed by atoms with Crippen LogP contribution in [0.1, 0.15) is 27.8 Å². The quantitative estimate of drug-likeness (QED) is 0.340. The smallest absolute Gasteiger partial charge is 0.232 e. The van der Waals surface area contributed by atoms with Crippen LogP contribution in [0, 0.1) is 0 Å². The Morgan fingerprint density at radius 1 is 0.750 bits per heavy atom. The van der Waals surface area contributed by atoms with E-state index < -0.39 is 0 Å². The zero-order chi connectivity index (χ0) is 26.9. The zero-order valence-electron chi connectivity index (χ0n) is 22.1. The maximum absolute atomic E-state index is 5.65. The lowest BCUT2D eigenvalue weighted by atomic mass is 9.99. The molecule has 4 heterocycles. The summed E-state index contributed by atoms with van der Waals surface area (Å²) in [5.41, 5.74) is 6.55. The van der Waals surface area contributed by atoms with E-state index in [1.165, 1.54) is 22.3 Å². The number of ether oxygens (including phenoxy) is 2. The van der Waals surface area contributed by atoms with E-state index in [1.807, 2.05) is 18.2 Å². The molecule has 0 saturated carbocycles. The van der Waals surface area contributed by atoms with Crippen LogP contribution in [-0.2, 0) is 32.5 Å². The number of thiocarbonyl (C=S) groups is 1. The molecule has 0 bridgehead atoms. The summed E-state index contributed by atoms with van der Waals surface area (Å²) < 4.78 is 10.9. The monoisotopic (exact) mass is 550 g/mol. The van der Waals surface area contributed by atoms with Crippen molar-refractivity contribution in [2.75, 3.05) is 35.0 Å². The van der Waals surface area contributed by atoms with Gasteiger partial charge in [-0.15, -0.1) is 0 Å². The van der Waals surface area contributed by atoms with Gasteiger partial charge in [-0.05, 0) is 65.0 Å². The largest absolute Gasteiger partial charge is 0.454 e. The number of aromatic nitrogens is 2. The highest BCUT2D eigenvalue weighted by Crippen LogP contribution is 2.33. The molecule has 3 aliphatic heterocycles. The fraction of sp³-hybridized carbons (Fsp3) is 0.258. The second kappa shape index (κ2) is 10.7. The number of benzene rings is 3. The van der Waals surface area contributed by atoms with Crippen LogP contribution in [0.3, 0.4) is 0 Å². The predicted molar refractivity (Wildman–Crippen MR) is 160 cm³/mol. The maximum atomic E-state index is 5.65. The molecule has 7 rings (SSSR count). The van der Waals surface area contributed by atoms with Crippen molar-refractivity contribution in [1.29, 1.82) is 0 Å². The van der Waals surface area contributed by atoms with Gasteiger partial charge in [-0.1, -0.05) is 54.6 Å². The fourth-order valence-corrected chi connectivity index (χ4v) is 5.73. The number of fused-ring (bicyclic) bond motifs is 3. The van der Waals surface area contributed by atoms with E-state index in [2.05, 4.69) is 75.0 Å². The molecule has 0 fully saturated rings. The normalized spacial score (nSPS) is 15.3. The summed E-state index contributed by atoms with van der Waals surface area (Å²) in [6.07, 6.45) is 1.98. The number of hydrogen-bond donors (Lipinski definition) is 2. The molecule has 0 radical (unpaired) electrons. The second-order valence-electron chi connectivity index (χ2n) is 10.3. The highest BCUT2D eigenvalue weighted by atomic mass is 32.1. The fourth-order valence-electron chi connectivity index (χ4n) is 5.56. The van der Waals surface area contributed by atoms with Gasteiger partial charge in [0.25, 0.3) is 0 Å². The molecule has 3 aromatic carbocycles. The molecule has 0 saturated heterocycles. The molecule has 3 aliphatic rings. The van der Waals surface area contributed by atoms with Gasteiger partial charge in [0.15, 0.2) is 16.6 Å². The molecule has 40 heavy (non-hydrogen) atoms. The SMILES string of the molecule is S=C(NCc1ccc2c(c1)OCO2)Nc1nc(N2CCc3ccccc3C2)cc(N2CCc3ccccc3C2)n1. The topological polar surface area (TPSA) is 74.8 Å². The minimum absolute atomic E-state index is 0.257. The highest BCUT2D eigenvalue weighted by molar-refractivity contribution is 7.80. The molecule has 0 amide bonds. The first-order valence-electron chi connectivity index (χ1n) is 13.6. The van der Waals surface area contributed by atoms with E-state index in [0.717, 1.165) is 67.7 Å². The van der Waals surface area contributed by atoms with Crippen LogP contribution in [0.2, 0.25) is 0 Å². The lowest BCUT2D eigenvalue weighted by molar-refractivity contribution is 0.174. The Kier molecular flexibility index (Phi) is 6.57. The first kappa shape index (κ1) is 24.7. The van der Waals surface area contributed by atoms with Crippen LogP contribution >= 0.6 is 12.2 Å². The Hall–Kier alpha value is -4.37. The molecule has 4 aromatic rings. The van der Waals surface area contributed by atoms with E-state index in [1.54, 1.807) is 0 Å². The van der Waals surface area contributed by atoms with Crippen LogP contribution < -0.4 is 29.9 Å². The summed E-state index contributed by atoms with van der Waals surface area (Å²) in [6, 6.07) is 25.3. The Morgan fingerprint density at radius 3 is 2.00 bits per heavy atom. The molecule has 9 heteroatoms. The molecular weight excluding hydrogens is 520 g/mol. The molecule has 1 aromatic heterocycles. The van der Waals surface area contributed by atoms with Gasteiger partial charge in [-0.3, -0.25) is 0 Å². The Bertz CT molecular complexity index is 1500. The van der Waals surface area contributed by atoms with Gasteiger partial charge in [-0.2, -0.15) is 9.97 Å². The lowest BCUT2D eigenvalue weighted by Crippen LogP contribution is -2.34. The van der Waals surface area contributed by atoms with Crippen LogP contribution in [0.15, 0.2) is 72.8 Å². The summed E-state index contributed by atoms with van der Waals surface area (Å²) >= 11 is 5.65. The average Bonchev–Trinajstić information content (AvgIpc) is 3.47. The predicted octanol–water partition coefficient (Wildman–Crippen LogP) is 4.82. The lowest BCUT2D eigenvalue weighted by Gasteiger charge is -2.33. The highest BCUT2D eigenvalue weighted by Gasteiger charge is 2.23. The number of nitrogens with zero attached hydrogens (tertiary/aromatic N) is 4. The standard InChI is InChI=1S/C31H30N6O2S/c40-31(32-17-21-9-10-26-27(15-21)39-20-38-26)35-30-33-28(36-13-11-22-5-1-3-7-24(22)18-36)16-29(34-30)37-14-12-23-6-2-4-8-25(23)19-37/h1-10,15-16H,11-14,17-20H2,(H2,32,33,34,35,40). The minimum atomic E-state index is 0.257. The summed E-state index contributed by atoms with van der Waals surface area (Å²) in [5.74, 6) is 3.82. The third-order valence-corrected chi connectivity index (χ3v) is 7.97. The molecule has 0 spiro atoms. The third-order valence-electron chi connectivity index (χ3n) is 7.72. The molecule has 0 unspecified atom stereocenters. The summed E-state index contributed by atoms with van der Waals surface area (Å²) in [5, 5.41) is 7.00. The van der Waals surface area contributed by atoms with Crippen molar-refractivity contribution < 1.29 is 9.47 Å². The Labute approximate surface area is 239 Å². The molecule has 8 nitrogen and oxygen atoms in total. The molecule has 0 atom stereocenters. The van der Waals surface area contributed by atoms with Crippen molar-refractivity contribution in [3.8, 4) is 11.5 Å². The Balaban J connectivity index is 1.12. The zero-order valence-corrected chi connectivity index (χ0v) is 22.9.